The van der Waals surface area contributed by atoms with Gasteiger partial charge in [-0.05, 0) is 31.2 Å². The van der Waals surface area contributed by atoms with Crippen molar-refractivity contribution in [2.24, 2.45) is 0 Å². The van der Waals surface area contributed by atoms with Crippen molar-refractivity contribution in [1.82, 2.24) is 10.6 Å². The molecule has 0 bridgehead atoms. The number of benzene rings is 1. The zero-order valence-electron chi connectivity index (χ0n) is 10.2. The molecule has 0 aliphatic carbocycles. The number of rotatable bonds is 4. The average molecular weight is 329 g/mol. The number of urea groups is 1. The highest BCUT2D eigenvalue weighted by atomic mass is 79.9. The first kappa shape index (κ1) is 15.2. The lowest BCUT2D eigenvalue weighted by Crippen LogP contribution is -2.41. The van der Waals surface area contributed by atoms with Gasteiger partial charge in [-0.2, -0.15) is 0 Å². The van der Waals surface area contributed by atoms with Gasteiger partial charge in [0.1, 0.15) is 0 Å². The summed E-state index contributed by atoms with van der Waals surface area (Å²) in [6, 6.07) is 5.88. The Labute approximate surface area is 118 Å². The summed E-state index contributed by atoms with van der Waals surface area (Å²) in [5, 5.41) is 4.41. The van der Waals surface area contributed by atoms with Gasteiger partial charge >= 0.3 is 12.0 Å². The summed E-state index contributed by atoms with van der Waals surface area (Å²) in [7, 11) is 0. The largest absolute Gasteiger partial charge is 0.452 e. The van der Waals surface area contributed by atoms with Gasteiger partial charge in [0, 0.05) is 11.0 Å². The third-order valence-electron chi connectivity index (χ3n) is 2.00. The number of hydrogen-bond donors (Lipinski definition) is 2. The minimum Gasteiger partial charge on any atom is -0.452 e. The van der Waals surface area contributed by atoms with Crippen LogP contribution in [-0.4, -0.2) is 31.1 Å². The molecule has 0 fully saturated rings. The predicted molar refractivity (Wildman–Crippen MR) is 71.6 cm³/mol. The molecule has 0 radical (unpaired) electrons. The molecule has 0 heterocycles. The summed E-state index contributed by atoms with van der Waals surface area (Å²) in [4.78, 5) is 33.8. The van der Waals surface area contributed by atoms with E-state index in [4.69, 9.17) is 4.74 Å². The van der Waals surface area contributed by atoms with Crippen molar-refractivity contribution in [2.45, 2.75) is 6.92 Å². The van der Waals surface area contributed by atoms with Gasteiger partial charge in [0.15, 0.2) is 6.61 Å². The molecule has 19 heavy (non-hydrogen) atoms. The molecular formula is C12H13BrN2O4. The van der Waals surface area contributed by atoms with Crippen molar-refractivity contribution in [1.29, 1.82) is 0 Å². The topological polar surface area (TPSA) is 84.5 Å². The van der Waals surface area contributed by atoms with E-state index in [0.29, 0.717) is 12.1 Å². The third-order valence-corrected chi connectivity index (χ3v) is 2.53. The number of carbonyl (C=O) groups is 3. The van der Waals surface area contributed by atoms with Gasteiger partial charge < -0.3 is 10.1 Å². The van der Waals surface area contributed by atoms with Crippen molar-refractivity contribution in [3.8, 4) is 0 Å². The van der Waals surface area contributed by atoms with E-state index in [1.54, 1.807) is 31.2 Å². The van der Waals surface area contributed by atoms with Gasteiger partial charge in [0.05, 0.1) is 5.56 Å². The Balaban J connectivity index is 2.40. The van der Waals surface area contributed by atoms with Crippen LogP contribution in [0.1, 0.15) is 17.3 Å². The van der Waals surface area contributed by atoms with Gasteiger partial charge in [0.2, 0.25) is 0 Å². The van der Waals surface area contributed by atoms with Gasteiger partial charge in [-0.15, -0.1) is 0 Å². The van der Waals surface area contributed by atoms with Crippen LogP contribution in [0, 0.1) is 0 Å². The highest BCUT2D eigenvalue weighted by molar-refractivity contribution is 9.10. The molecule has 3 amide bonds. The number of hydrogen-bond acceptors (Lipinski definition) is 4. The maximum Gasteiger partial charge on any atom is 0.338 e. The Morgan fingerprint density at radius 1 is 1.21 bits per heavy atom. The molecule has 6 nitrogen and oxygen atoms in total. The molecule has 102 valence electrons. The van der Waals surface area contributed by atoms with Crippen molar-refractivity contribution in [2.75, 3.05) is 13.2 Å². The number of carbonyl (C=O) groups excluding carboxylic acids is 3. The summed E-state index contributed by atoms with van der Waals surface area (Å²) in [5.74, 6) is -1.31. The van der Waals surface area contributed by atoms with E-state index >= 15 is 0 Å². The Bertz CT molecular complexity index is 473. The lowest BCUT2D eigenvalue weighted by molar-refractivity contribution is -0.123. The fourth-order valence-electron chi connectivity index (χ4n) is 1.17. The van der Waals surface area contributed by atoms with Crippen molar-refractivity contribution in [3.63, 3.8) is 0 Å². The average Bonchev–Trinajstić information content (AvgIpc) is 2.37. The molecule has 0 aliphatic rings. The molecule has 0 unspecified atom stereocenters. The highest BCUT2D eigenvalue weighted by Gasteiger charge is 2.11. The van der Waals surface area contributed by atoms with Gasteiger partial charge in [-0.25, -0.2) is 9.59 Å². The first-order valence-electron chi connectivity index (χ1n) is 5.53. The Morgan fingerprint density at radius 3 is 2.42 bits per heavy atom. The second-order valence-corrected chi connectivity index (χ2v) is 4.41. The highest BCUT2D eigenvalue weighted by Crippen LogP contribution is 2.11. The van der Waals surface area contributed by atoms with Crippen LogP contribution in [0.2, 0.25) is 0 Å². The summed E-state index contributed by atoms with van der Waals surface area (Å²) < 4.78 is 5.59. The van der Waals surface area contributed by atoms with E-state index in [0.717, 1.165) is 4.47 Å². The number of imide groups is 1. The molecule has 1 aromatic rings. The molecule has 0 atom stereocenters. The van der Waals surface area contributed by atoms with Gasteiger partial charge in [-0.1, -0.05) is 15.9 Å². The molecule has 0 spiro atoms. The van der Waals surface area contributed by atoms with E-state index < -0.39 is 24.5 Å². The van der Waals surface area contributed by atoms with E-state index in [1.807, 2.05) is 5.32 Å². The predicted octanol–water partition coefficient (Wildman–Crippen LogP) is 1.45. The molecule has 2 N–H and O–H groups in total. The molecule has 1 rings (SSSR count). The van der Waals surface area contributed by atoms with Crippen LogP contribution in [0.15, 0.2) is 28.7 Å². The van der Waals surface area contributed by atoms with Crippen molar-refractivity contribution < 1.29 is 19.1 Å². The molecular weight excluding hydrogens is 316 g/mol. The van der Waals surface area contributed by atoms with E-state index in [2.05, 4.69) is 21.2 Å². The maximum absolute atomic E-state index is 11.6. The second kappa shape index (κ2) is 7.52. The van der Waals surface area contributed by atoms with Crippen molar-refractivity contribution >= 4 is 33.8 Å². The van der Waals surface area contributed by atoms with Crippen LogP contribution in [-0.2, 0) is 9.53 Å². The lowest BCUT2D eigenvalue weighted by atomic mass is 10.2. The molecule has 1 aromatic carbocycles. The van der Waals surface area contributed by atoms with E-state index in [1.165, 1.54) is 0 Å². The fourth-order valence-corrected chi connectivity index (χ4v) is 1.43. The SMILES string of the molecule is CCNC(=O)NC(=O)COC(=O)c1ccc(Br)cc1. The fraction of sp³-hybridized carbons (Fsp3) is 0.250. The number of ether oxygens (including phenoxy) is 1. The first-order valence-corrected chi connectivity index (χ1v) is 6.32. The number of esters is 1. The zero-order chi connectivity index (χ0) is 14.3. The zero-order valence-corrected chi connectivity index (χ0v) is 11.8. The van der Waals surface area contributed by atoms with Crippen LogP contribution < -0.4 is 10.6 Å². The maximum atomic E-state index is 11.6. The van der Waals surface area contributed by atoms with E-state index in [-0.39, 0.29) is 0 Å². The summed E-state index contributed by atoms with van der Waals surface area (Å²) in [6.45, 7) is 1.61. The minimum atomic E-state index is -0.684. The molecule has 7 heteroatoms. The molecule has 0 aromatic heterocycles. The van der Waals surface area contributed by atoms with Crippen LogP contribution in [0.25, 0.3) is 0 Å². The quantitative estimate of drug-likeness (QED) is 0.819. The Kier molecular flexibility index (Phi) is 6.01. The Morgan fingerprint density at radius 2 is 1.84 bits per heavy atom. The van der Waals surface area contributed by atoms with E-state index in [9.17, 15) is 14.4 Å². The van der Waals surface area contributed by atoms with Crippen LogP contribution >= 0.6 is 15.9 Å². The molecule has 0 saturated carbocycles. The van der Waals surface area contributed by atoms with Crippen molar-refractivity contribution in [3.05, 3.63) is 34.3 Å². The van der Waals surface area contributed by atoms with Gasteiger partial charge in [-0.3, -0.25) is 10.1 Å². The summed E-state index contributed by atoms with van der Waals surface area (Å²) >= 11 is 3.24. The number of halogens is 1. The summed E-state index contributed by atoms with van der Waals surface area (Å²) in [5.41, 5.74) is 0.328. The third kappa shape index (κ3) is 5.52. The number of nitrogens with one attached hydrogen (secondary N) is 2. The lowest BCUT2D eigenvalue weighted by Gasteiger charge is -2.06. The van der Waals surface area contributed by atoms with Crippen LogP contribution in [0.4, 0.5) is 4.79 Å². The van der Waals surface area contributed by atoms with Crippen LogP contribution in [0.3, 0.4) is 0 Å². The second-order valence-electron chi connectivity index (χ2n) is 3.49. The first-order chi connectivity index (χ1) is 9.02. The normalized spacial score (nSPS) is 9.58. The smallest absolute Gasteiger partial charge is 0.338 e. The molecule has 0 saturated heterocycles. The standard InChI is InChI=1S/C12H13BrN2O4/c1-2-14-12(18)15-10(16)7-19-11(17)8-3-5-9(13)6-4-8/h3-6H,2,7H2,1H3,(H2,14,15,16,18). The monoisotopic (exact) mass is 328 g/mol. The molecule has 0 aliphatic heterocycles. The number of amides is 3. The van der Waals surface area contributed by atoms with Crippen LogP contribution in [0.5, 0.6) is 0 Å². The Hall–Kier alpha value is -1.89. The summed E-state index contributed by atoms with van der Waals surface area (Å²) in [6.07, 6.45) is 0. The van der Waals surface area contributed by atoms with Gasteiger partial charge in [0.25, 0.3) is 5.91 Å². The minimum absolute atomic E-state index is 0.328.